The number of carboxylic acids is 1. The van der Waals surface area contributed by atoms with Gasteiger partial charge in [0.1, 0.15) is 11.7 Å². The molecule has 0 spiro atoms. The second kappa shape index (κ2) is 6.72. The molecule has 1 aliphatic rings. The second-order valence-electron chi connectivity index (χ2n) is 5.88. The molecule has 1 saturated heterocycles. The molecule has 2 amide bonds. The average molecular weight is 339 g/mol. The number of carboxylic acid groups (broad SMARTS) is 1. The van der Waals surface area contributed by atoms with Crippen LogP contribution in [0.25, 0.3) is 0 Å². The maximum Gasteiger partial charge on any atom is 0.354 e. The van der Waals surface area contributed by atoms with Crippen molar-refractivity contribution in [3.63, 3.8) is 0 Å². The van der Waals surface area contributed by atoms with E-state index >= 15 is 0 Å². The van der Waals surface area contributed by atoms with Crippen molar-refractivity contribution >= 4 is 23.5 Å². The number of pyridine rings is 1. The van der Waals surface area contributed by atoms with Gasteiger partial charge in [-0.15, -0.1) is 0 Å². The third-order valence-corrected chi connectivity index (χ3v) is 4.10. The Bertz CT molecular complexity index is 815. The monoisotopic (exact) mass is 339 g/mol. The third kappa shape index (κ3) is 3.50. The Labute approximate surface area is 144 Å². The Kier molecular flexibility index (Phi) is 4.47. The fourth-order valence-electron chi connectivity index (χ4n) is 2.69. The summed E-state index contributed by atoms with van der Waals surface area (Å²) >= 11 is 0. The number of hydrogen-bond donors (Lipinski definition) is 2. The topological polar surface area (TPSA) is 99.6 Å². The molecule has 1 aromatic carbocycles. The first kappa shape index (κ1) is 16.6. The summed E-state index contributed by atoms with van der Waals surface area (Å²) in [5.41, 5.74) is 1.99. The zero-order chi connectivity index (χ0) is 18.0. The lowest BCUT2D eigenvalue weighted by Crippen LogP contribution is -2.41. The summed E-state index contributed by atoms with van der Waals surface area (Å²) in [6.07, 6.45) is 1.70. The number of nitrogens with one attached hydrogen (secondary N) is 1. The van der Waals surface area contributed by atoms with Gasteiger partial charge >= 0.3 is 5.97 Å². The van der Waals surface area contributed by atoms with Gasteiger partial charge in [0.15, 0.2) is 0 Å². The third-order valence-electron chi connectivity index (χ3n) is 4.10. The van der Waals surface area contributed by atoms with Crippen LogP contribution in [0.5, 0.6) is 0 Å². The number of anilines is 1. The number of nitrogens with zero attached hydrogens (tertiary/aromatic N) is 2. The van der Waals surface area contributed by atoms with Crippen molar-refractivity contribution in [1.29, 1.82) is 0 Å². The number of benzene rings is 1. The van der Waals surface area contributed by atoms with Crippen molar-refractivity contribution in [2.24, 2.45) is 0 Å². The predicted molar refractivity (Wildman–Crippen MR) is 90.6 cm³/mol. The number of carbonyl (C=O) groups is 3. The van der Waals surface area contributed by atoms with E-state index in [9.17, 15) is 14.4 Å². The molecule has 25 heavy (non-hydrogen) atoms. The maximum absolute atomic E-state index is 12.5. The molecule has 0 saturated carbocycles. The van der Waals surface area contributed by atoms with Crippen LogP contribution in [0.3, 0.4) is 0 Å². The van der Waals surface area contributed by atoms with Gasteiger partial charge in [0, 0.05) is 18.4 Å². The van der Waals surface area contributed by atoms with Crippen LogP contribution in [0, 0.1) is 6.92 Å². The highest BCUT2D eigenvalue weighted by molar-refractivity contribution is 6.04. The van der Waals surface area contributed by atoms with Gasteiger partial charge in [0.25, 0.3) is 5.91 Å². The summed E-state index contributed by atoms with van der Waals surface area (Å²) in [5, 5.41) is 11.5. The van der Waals surface area contributed by atoms with Gasteiger partial charge in [-0.25, -0.2) is 9.78 Å². The summed E-state index contributed by atoms with van der Waals surface area (Å²) in [6.45, 7) is 2.51. The standard InChI is InChI=1S/C18H17N3O4/c1-11-2-5-13(6-3-11)21-9-8-14(17(21)23)20-16(22)12-4-7-15(18(24)25)19-10-12/h2-7,10,14H,8-9H2,1H3,(H,20,22)(H,24,25). The molecule has 0 bridgehead atoms. The highest BCUT2D eigenvalue weighted by atomic mass is 16.4. The molecule has 1 aliphatic heterocycles. The first-order valence-corrected chi connectivity index (χ1v) is 7.84. The molecule has 128 valence electrons. The van der Waals surface area contributed by atoms with Gasteiger partial charge in [-0.1, -0.05) is 17.7 Å². The fraction of sp³-hybridized carbons (Fsp3) is 0.222. The number of rotatable bonds is 4. The Balaban J connectivity index is 1.67. The molecule has 7 nitrogen and oxygen atoms in total. The highest BCUT2D eigenvalue weighted by Crippen LogP contribution is 2.22. The molecular formula is C18H17N3O4. The number of hydrogen-bond acceptors (Lipinski definition) is 4. The van der Waals surface area contributed by atoms with Crippen LogP contribution in [0.1, 0.15) is 32.8 Å². The van der Waals surface area contributed by atoms with Crippen LogP contribution in [0.15, 0.2) is 42.6 Å². The molecule has 2 aromatic rings. The van der Waals surface area contributed by atoms with E-state index in [1.807, 2.05) is 31.2 Å². The van der Waals surface area contributed by atoms with E-state index in [1.165, 1.54) is 18.3 Å². The van der Waals surface area contributed by atoms with Crippen LogP contribution in [-0.2, 0) is 4.79 Å². The zero-order valence-electron chi connectivity index (χ0n) is 13.6. The van der Waals surface area contributed by atoms with Crippen molar-refractivity contribution in [2.75, 3.05) is 11.4 Å². The summed E-state index contributed by atoms with van der Waals surface area (Å²) < 4.78 is 0. The van der Waals surface area contributed by atoms with Crippen molar-refractivity contribution < 1.29 is 19.5 Å². The largest absolute Gasteiger partial charge is 0.477 e. The lowest BCUT2D eigenvalue weighted by atomic mass is 10.2. The first-order valence-electron chi connectivity index (χ1n) is 7.84. The predicted octanol–water partition coefficient (Wildman–Crippen LogP) is 1.62. The van der Waals surface area contributed by atoms with E-state index in [-0.39, 0.29) is 17.2 Å². The Morgan fingerprint density at radius 2 is 1.92 bits per heavy atom. The van der Waals surface area contributed by atoms with Crippen LogP contribution in [0.2, 0.25) is 0 Å². The van der Waals surface area contributed by atoms with E-state index in [4.69, 9.17) is 5.11 Å². The molecule has 1 aromatic heterocycles. The molecule has 0 radical (unpaired) electrons. The lowest BCUT2D eigenvalue weighted by Gasteiger charge is -2.17. The van der Waals surface area contributed by atoms with E-state index in [0.717, 1.165) is 11.3 Å². The van der Waals surface area contributed by atoms with Crippen LogP contribution >= 0.6 is 0 Å². The van der Waals surface area contributed by atoms with Gasteiger partial charge in [0.05, 0.1) is 5.56 Å². The number of carbonyl (C=O) groups excluding carboxylic acids is 2. The molecule has 1 fully saturated rings. The normalized spacial score (nSPS) is 16.8. The molecule has 2 heterocycles. The van der Waals surface area contributed by atoms with E-state index in [2.05, 4.69) is 10.3 Å². The number of aromatic nitrogens is 1. The summed E-state index contributed by atoms with van der Waals surface area (Å²) in [7, 11) is 0. The highest BCUT2D eigenvalue weighted by Gasteiger charge is 2.33. The number of aromatic carboxylic acids is 1. The minimum Gasteiger partial charge on any atom is -0.477 e. The van der Waals surface area contributed by atoms with Gasteiger partial charge < -0.3 is 15.3 Å². The smallest absolute Gasteiger partial charge is 0.354 e. The van der Waals surface area contributed by atoms with Gasteiger partial charge in [-0.2, -0.15) is 0 Å². The Morgan fingerprint density at radius 1 is 1.20 bits per heavy atom. The van der Waals surface area contributed by atoms with Crippen LogP contribution in [0.4, 0.5) is 5.69 Å². The summed E-state index contributed by atoms with van der Waals surface area (Å²) in [5.74, 6) is -1.77. The minimum atomic E-state index is -1.16. The van der Waals surface area contributed by atoms with Crippen LogP contribution < -0.4 is 10.2 Å². The molecule has 3 rings (SSSR count). The van der Waals surface area contributed by atoms with Crippen molar-refractivity contribution in [1.82, 2.24) is 10.3 Å². The molecule has 1 unspecified atom stereocenters. The SMILES string of the molecule is Cc1ccc(N2CCC(NC(=O)c3ccc(C(=O)O)nc3)C2=O)cc1. The first-order chi connectivity index (χ1) is 12.0. The minimum absolute atomic E-state index is 0.140. The Hall–Kier alpha value is -3.22. The molecule has 1 atom stereocenters. The number of aryl methyl sites for hydroxylation is 1. The van der Waals surface area contributed by atoms with Crippen molar-refractivity contribution in [3.05, 3.63) is 59.4 Å². The fourth-order valence-corrected chi connectivity index (χ4v) is 2.69. The lowest BCUT2D eigenvalue weighted by molar-refractivity contribution is -0.118. The molecule has 2 N–H and O–H groups in total. The van der Waals surface area contributed by atoms with Crippen LogP contribution in [-0.4, -0.2) is 40.5 Å². The average Bonchev–Trinajstić information content (AvgIpc) is 2.96. The molecular weight excluding hydrogens is 322 g/mol. The summed E-state index contributed by atoms with van der Waals surface area (Å²) in [6, 6.07) is 9.66. The van der Waals surface area contributed by atoms with E-state index < -0.39 is 17.9 Å². The zero-order valence-corrected chi connectivity index (χ0v) is 13.6. The van der Waals surface area contributed by atoms with E-state index in [0.29, 0.717) is 13.0 Å². The van der Waals surface area contributed by atoms with Crippen molar-refractivity contribution in [2.45, 2.75) is 19.4 Å². The molecule has 0 aliphatic carbocycles. The van der Waals surface area contributed by atoms with E-state index in [1.54, 1.807) is 4.90 Å². The van der Waals surface area contributed by atoms with Gasteiger partial charge in [-0.05, 0) is 37.6 Å². The van der Waals surface area contributed by atoms with Gasteiger partial charge in [-0.3, -0.25) is 9.59 Å². The second-order valence-corrected chi connectivity index (χ2v) is 5.88. The maximum atomic E-state index is 12.5. The molecule has 7 heteroatoms. The number of amides is 2. The Morgan fingerprint density at radius 3 is 2.52 bits per heavy atom. The summed E-state index contributed by atoms with van der Waals surface area (Å²) in [4.78, 5) is 40.9. The van der Waals surface area contributed by atoms with Crippen molar-refractivity contribution in [3.8, 4) is 0 Å². The quantitative estimate of drug-likeness (QED) is 0.882. The van der Waals surface area contributed by atoms with Gasteiger partial charge in [0.2, 0.25) is 5.91 Å².